The topological polar surface area (TPSA) is 49.8 Å². The molecule has 0 amide bonds. The lowest BCUT2D eigenvalue weighted by Crippen LogP contribution is -2.46. The molecule has 2 aliphatic rings. The Kier molecular flexibility index (Phi) is 4.62. The standard InChI is InChI=1S/C14H25NO3/c1-12-4-2-5-14(10-12,13(16)17)11-15-6-3-8-18-9-7-15/h12H,2-11H2,1H3,(H,16,17). The molecule has 2 fully saturated rings. The Morgan fingerprint density at radius 2 is 2.22 bits per heavy atom. The fourth-order valence-corrected chi connectivity index (χ4v) is 3.45. The molecule has 2 rings (SSSR count). The third-order valence-electron chi connectivity index (χ3n) is 4.39. The molecule has 2 atom stereocenters. The minimum atomic E-state index is -0.598. The predicted octanol–water partition coefficient (Wildman–Crippen LogP) is 1.99. The van der Waals surface area contributed by atoms with E-state index in [0.717, 1.165) is 52.0 Å². The number of carboxylic acids is 1. The van der Waals surface area contributed by atoms with Gasteiger partial charge in [0, 0.05) is 26.2 Å². The Bertz CT molecular complexity index is 287. The van der Waals surface area contributed by atoms with Crippen molar-refractivity contribution in [2.45, 2.75) is 39.0 Å². The van der Waals surface area contributed by atoms with Gasteiger partial charge in [-0.15, -0.1) is 0 Å². The van der Waals surface area contributed by atoms with Crippen molar-refractivity contribution in [2.24, 2.45) is 11.3 Å². The summed E-state index contributed by atoms with van der Waals surface area (Å²) in [6.45, 7) is 6.30. The number of hydrogen-bond acceptors (Lipinski definition) is 3. The molecule has 0 aromatic heterocycles. The Morgan fingerprint density at radius 1 is 1.39 bits per heavy atom. The number of nitrogens with zero attached hydrogens (tertiary/aromatic N) is 1. The molecule has 18 heavy (non-hydrogen) atoms. The van der Waals surface area contributed by atoms with Gasteiger partial charge in [-0.2, -0.15) is 0 Å². The van der Waals surface area contributed by atoms with Crippen molar-refractivity contribution in [2.75, 3.05) is 32.8 Å². The van der Waals surface area contributed by atoms with Gasteiger partial charge in [-0.05, 0) is 25.2 Å². The zero-order valence-corrected chi connectivity index (χ0v) is 11.4. The molecule has 104 valence electrons. The number of carbonyl (C=O) groups is 1. The molecule has 1 N–H and O–H groups in total. The Morgan fingerprint density at radius 3 is 2.94 bits per heavy atom. The molecule has 0 aromatic carbocycles. The van der Waals surface area contributed by atoms with Gasteiger partial charge in [-0.25, -0.2) is 0 Å². The fraction of sp³-hybridized carbons (Fsp3) is 0.929. The second-order valence-electron chi connectivity index (χ2n) is 6.03. The van der Waals surface area contributed by atoms with Crippen molar-refractivity contribution in [1.82, 2.24) is 4.90 Å². The van der Waals surface area contributed by atoms with E-state index in [0.29, 0.717) is 12.5 Å². The summed E-state index contributed by atoms with van der Waals surface area (Å²) in [4.78, 5) is 14.0. The fourth-order valence-electron chi connectivity index (χ4n) is 3.45. The largest absolute Gasteiger partial charge is 0.481 e. The van der Waals surface area contributed by atoms with Crippen LogP contribution in [0.25, 0.3) is 0 Å². The van der Waals surface area contributed by atoms with Gasteiger partial charge in [0.1, 0.15) is 0 Å². The van der Waals surface area contributed by atoms with Crippen molar-refractivity contribution in [3.63, 3.8) is 0 Å². The molecule has 2 unspecified atom stereocenters. The van der Waals surface area contributed by atoms with E-state index in [4.69, 9.17) is 4.74 Å². The summed E-state index contributed by atoms with van der Waals surface area (Å²) in [6, 6.07) is 0. The zero-order chi connectivity index (χ0) is 13.0. The third kappa shape index (κ3) is 3.23. The molecule has 1 aliphatic heterocycles. The second-order valence-corrected chi connectivity index (χ2v) is 6.03. The van der Waals surface area contributed by atoms with Crippen LogP contribution in [0.1, 0.15) is 39.0 Å². The number of carboxylic acid groups (broad SMARTS) is 1. The van der Waals surface area contributed by atoms with Gasteiger partial charge in [-0.3, -0.25) is 9.69 Å². The minimum absolute atomic E-state index is 0.512. The van der Waals surface area contributed by atoms with Crippen molar-refractivity contribution in [3.05, 3.63) is 0 Å². The molecule has 0 aromatic rings. The predicted molar refractivity (Wildman–Crippen MR) is 69.6 cm³/mol. The molecule has 0 bridgehead atoms. The Labute approximate surface area is 109 Å². The molecule has 1 heterocycles. The first-order valence-electron chi connectivity index (χ1n) is 7.16. The summed E-state index contributed by atoms with van der Waals surface area (Å²) in [5.41, 5.74) is -0.512. The highest BCUT2D eigenvalue weighted by Gasteiger charge is 2.43. The van der Waals surface area contributed by atoms with E-state index in [1.807, 2.05) is 0 Å². The molecule has 4 heteroatoms. The van der Waals surface area contributed by atoms with Gasteiger partial charge in [0.2, 0.25) is 0 Å². The highest BCUT2D eigenvalue weighted by molar-refractivity contribution is 5.75. The van der Waals surface area contributed by atoms with Gasteiger partial charge < -0.3 is 9.84 Å². The highest BCUT2D eigenvalue weighted by Crippen LogP contribution is 2.40. The maximum atomic E-state index is 11.7. The maximum absolute atomic E-state index is 11.7. The van der Waals surface area contributed by atoms with Crippen molar-refractivity contribution >= 4 is 5.97 Å². The summed E-state index contributed by atoms with van der Waals surface area (Å²) < 4.78 is 5.44. The van der Waals surface area contributed by atoms with Crippen LogP contribution in [0.2, 0.25) is 0 Å². The van der Waals surface area contributed by atoms with Crippen LogP contribution in [-0.2, 0) is 9.53 Å². The van der Waals surface area contributed by atoms with Gasteiger partial charge in [0.25, 0.3) is 0 Å². The van der Waals surface area contributed by atoms with E-state index in [1.54, 1.807) is 0 Å². The van der Waals surface area contributed by atoms with Gasteiger partial charge in [0.15, 0.2) is 0 Å². The van der Waals surface area contributed by atoms with Gasteiger partial charge in [-0.1, -0.05) is 19.8 Å². The molecular formula is C14H25NO3. The number of hydrogen-bond donors (Lipinski definition) is 1. The van der Waals surface area contributed by atoms with Crippen molar-refractivity contribution in [3.8, 4) is 0 Å². The normalized spacial score (nSPS) is 35.1. The lowest BCUT2D eigenvalue weighted by Gasteiger charge is -2.39. The first-order valence-corrected chi connectivity index (χ1v) is 7.16. The van der Waals surface area contributed by atoms with Crippen LogP contribution in [0.3, 0.4) is 0 Å². The van der Waals surface area contributed by atoms with E-state index in [2.05, 4.69) is 11.8 Å². The molecular weight excluding hydrogens is 230 g/mol. The van der Waals surface area contributed by atoms with Gasteiger partial charge in [0.05, 0.1) is 12.0 Å². The summed E-state index contributed by atoms with van der Waals surface area (Å²) in [5.74, 6) is -0.0581. The quantitative estimate of drug-likeness (QED) is 0.838. The summed E-state index contributed by atoms with van der Waals surface area (Å²) in [6.07, 6.45) is 4.92. The van der Waals surface area contributed by atoms with Crippen LogP contribution >= 0.6 is 0 Å². The van der Waals surface area contributed by atoms with Crippen LogP contribution in [0, 0.1) is 11.3 Å². The molecule has 1 saturated heterocycles. The number of ether oxygens (including phenoxy) is 1. The highest BCUT2D eigenvalue weighted by atomic mass is 16.5. The van der Waals surface area contributed by atoms with Crippen molar-refractivity contribution < 1.29 is 14.6 Å². The third-order valence-corrected chi connectivity index (χ3v) is 4.39. The smallest absolute Gasteiger partial charge is 0.310 e. The minimum Gasteiger partial charge on any atom is -0.481 e. The van der Waals surface area contributed by atoms with E-state index in [-0.39, 0.29) is 0 Å². The first kappa shape index (κ1) is 13.8. The molecule has 4 nitrogen and oxygen atoms in total. The lowest BCUT2D eigenvalue weighted by molar-refractivity contribution is -0.153. The molecule has 0 spiro atoms. The van der Waals surface area contributed by atoms with E-state index in [9.17, 15) is 9.90 Å². The van der Waals surface area contributed by atoms with Crippen LogP contribution in [-0.4, -0.2) is 48.8 Å². The summed E-state index contributed by atoms with van der Waals surface area (Å²) >= 11 is 0. The van der Waals surface area contributed by atoms with Crippen LogP contribution in [0.4, 0.5) is 0 Å². The summed E-state index contributed by atoms with van der Waals surface area (Å²) in [5, 5.41) is 9.65. The molecule has 1 aliphatic carbocycles. The molecule has 0 radical (unpaired) electrons. The summed E-state index contributed by atoms with van der Waals surface area (Å²) in [7, 11) is 0. The van der Waals surface area contributed by atoms with E-state index < -0.39 is 11.4 Å². The average molecular weight is 255 g/mol. The maximum Gasteiger partial charge on any atom is 0.310 e. The Balaban J connectivity index is 2.02. The lowest BCUT2D eigenvalue weighted by atomic mass is 9.69. The van der Waals surface area contributed by atoms with E-state index in [1.165, 1.54) is 6.42 Å². The monoisotopic (exact) mass is 255 g/mol. The Hall–Kier alpha value is -0.610. The van der Waals surface area contributed by atoms with Crippen molar-refractivity contribution in [1.29, 1.82) is 0 Å². The van der Waals surface area contributed by atoms with Crippen LogP contribution in [0.15, 0.2) is 0 Å². The van der Waals surface area contributed by atoms with E-state index >= 15 is 0 Å². The SMILES string of the molecule is CC1CCCC(CN2CCCOCC2)(C(=O)O)C1. The van der Waals surface area contributed by atoms with Crippen LogP contribution in [0.5, 0.6) is 0 Å². The number of aliphatic carboxylic acids is 1. The molecule has 1 saturated carbocycles. The second kappa shape index (κ2) is 6.02. The number of rotatable bonds is 3. The average Bonchev–Trinajstić information content (AvgIpc) is 2.57. The first-order chi connectivity index (χ1) is 8.62. The van der Waals surface area contributed by atoms with Gasteiger partial charge >= 0.3 is 5.97 Å². The van der Waals surface area contributed by atoms with Crippen LogP contribution < -0.4 is 0 Å². The zero-order valence-electron chi connectivity index (χ0n) is 11.4.